The largest absolute Gasteiger partial charge is 0.326 e. The van der Waals surface area contributed by atoms with Gasteiger partial charge in [0, 0.05) is 41.1 Å². The van der Waals surface area contributed by atoms with Gasteiger partial charge in [-0.15, -0.1) is 12.4 Å². The number of nitrogens with one attached hydrogen (secondary N) is 2. The van der Waals surface area contributed by atoms with Crippen LogP contribution in [0.4, 0.5) is 14.5 Å². The number of hydrogen-bond acceptors (Lipinski definition) is 4. The molecular weight excluding hydrogens is 338 g/mol. The second-order valence-electron chi connectivity index (χ2n) is 4.38. The van der Waals surface area contributed by atoms with E-state index in [1.54, 1.807) is 24.3 Å². The van der Waals surface area contributed by atoms with Gasteiger partial charge in [-0.2, -0.15) is 20.5 Å². The Bertz CT molecular complexity index is 442. The van der Waals surface area contributed by atoms with Crippen molar-refractivity contribution < 1.29 is 13.6 Å². The molecule has 8 heteroatoms. The summed E-state index contributed by atoms with van der Waals surface area (Å²) in [6.45, 7) is 0.933. The second-order valence-corrected chi connectivity index (χ2v) is 6.59. The van der Waals surface area contributed by atoms with Crippen molar-refractivity contribution in [3.05, 3.63) is 24.3 Å². The first kappa shape index (κ1) is 18.5. The number of anilines is 1. The molecule has 21 heavy (non-hydrogen) atoms. The molecule has 0 aliphatic carbocycles. The molecule has 1 saturated heterocycles. The van der Waals surface area contributed by atoms with Gasteiger partial charge in [-0.05, 0) is 24.3 Å². The monoisotopic (exact) mass is 354 g/mol. The number of halogens is 3. The molecule has 1 unspecified atom stereocenters. The van der Waals surface area contributed by atoms with Crippen molar-refractivity contribution in [2.45, 2.75) is 23.1 Å². The molecule has 1 aromatic rings. The fourth-order valence-electron chi connectivity index (χ4n) is 1.91. The van der Waals surface area contributed by atoms with E-state index in [9.17, 15) is 13.6 Å². The zero-order valence-electron chi connectivity index (χ0n) is 11.2. The second kappa shape index (κ2) is 9.50. The van der Waals surface area contributed by atoms with Gasteiger partial charge >= 0.3 is 0 Å². The summed E-state index contributed by atoms with van der Waals surface area (Å²) in [7, 11) is 0. The maximum absolute atomic E-state index is 12.2. The zero-order chi connectivity index (χ0) is 14.4. The van der Waals surface area contributed by atoms with Crippen LogP contribution in [-0.4, -0.2) is 35.8 Å². The highest BCUT2D eigenvalue weighted by Gasteiger charge is 2.16. The Morgan fingerprint density at radius 1 is 1.43 bits per heavy atom. The average molecular weight is 355 g/mol. The van der Waals surface area contributed by atoms with Crippen molar-refractivity contribution in [3.63, 3.8) is 0 Å². The number of benzene rings is 1. The van der Waals surface area contributed by atoms with E-state index in [0.717, 1.165) is 18.1 Å². The molecule has 0 aromatic heterocycles. The van der Waals surface area contributed by atoms with E-state index in [0.29, 0.717) is 28.8 Å². The first-order valence-corrected chi connectivity index (χ1v) is 8.33. The van der Waals surface area contributed by atoms with Crippen LogP contribution in [0.2, 0.25) is 0 Å². The Morgan fingerprint density at radius 2 is 2.14 bits per heavy atom. The lowest BCUT2D eigenvalue weighted by Gasteiger charge is -2.22. The normalized spacial score (nSPS) is 18.1. The molecule has 1 heterocycles. The number of rotatable bonds is 5. The minimum Gasteiger partial charge on any atom is -0.326 e. The van der Waals surface area contributed by atoms with Crippen molar-refractivity contribution in [1.29, 1.82) is 0 Å². The molecule has 1 aliphatic heterocycles. The minimum absolute atomic E-state index is 0. The summed E-state index contributed by atoms with van der Waals surface area (Å²) in [5, 5.41) is 6.08. The Morgan fingerprint density at radius 3 is 2.71 bits per heavy atom. The van der Waals surface area contributed by atoms with E-state index < -0.39 is 5.76 Å². The van der Waals surface area contributed by atoms with Gasteiger partial charge in [-0.25, -0.2) is 0 Å². The lowest BCUT2D eigenvalue weighted by Crippen LogP contribution is -2.39. The van der Waals surface area contributed by atoms with E-state index in [1.807, 2.05) is 11.8 Å². The number of thioether (sulfide) groups is 2. The van der Waals surface area contributed by atoms with Crippen molar-refractivity contribution in [2.24, 2.45) is 0 Å². The quantitative estimate of drug-likeness (QED) is 0.795. The van der Waals surface area contributed by atoms with Gasteiger partial charge < -0.3 is 10.6 Å². The lowest BCUT2D eigenvalue weighted by atomic mass is 10.2. The topological polar surface area (TPSA) is 41.1 Å². The third kappa shape index (κ3) is 6.86. The van der Waals surface area contributed by atoms with E-state index >= 15 is 0 Å². The summed E-state index contributed by atoms with van der Waals surface area (Å²) in [6, 6.07) is 6.67. The van der Waals surface area contributed by atoms with Gasteiger partial charge in [0.05, 0.1) is 0 Å². The van der Waals surface area contributed by atoms with Crippen LogP contribution in [0.25, 0.3) is 0 Å². The van der Waals surface area contributed by atoms with Crippen LogP contribution < -0.4 is 10.6 Å². The maximum Gasteiger partial charge on any atom is 0.288 e. The highest BCUT2D eigenvalue weighted by Crippen LogP contribution is 2.26. The van der Waals surface area contributed by atoms with Crippen molar-refractivity contribution in [1.82, 2.24) is 5.32 Å². The number of carbonyl (C=O) groups excluding carboxylic acids is 1. The Kier molecular flexibility index (Phi) is 8.39. The molecule has 3 nitrogen and oxygen atoms in total. The summed E-state index contributed by atoms with van der Waals surface area (Å²) < 4.78 is 24.4. The summed E-state index contributed by atoms with van der Waals surface area (Å²) in [4.78, 5) is 12.3. The van der Waals surface area contributed by atoms with E-state index in [4.69, 9.17) is 0 Å². The van der Waals surface area contributed by atoms with Crippen LogP contribution in [0.5, 0.6) is 0 Å². The number of hydrogen-bond donors (Lipinski definition) is 2. The molecule has 1 fully saturated rings. The van der Waals surface area contributed by atoms with Crippen molar-refractivity contribution in [3.8, 4) is 0 Å². The number of amides is 1. The lowest BCUT2D eigenvalue weighted by molar-refractivity contribution is -0.116. The van der Waals surface area contributed by atoms with Crippen molar-refractivity contribution in [2.75, 3.05) is 23.4 Å². The summed E-state index contributed by atoms with van der Waals surface area (Å²) in [5.74, 6) is -0.455. The smallest absolute Gasteiger partial charge is 0.288 e. The van der Waals surface area contributed by atoms with Crippen LogP contribution in [-0.2, 0) is 4.79 Å². The third-order valence-corrected chi connectivity index (χ3v) is 4.65. The van der Waals surface area contributed by atoms with Crippen LogP contribution in [0.3, 0.4) is 0 Å². The van der Waals surface area contributed by atoms with Gasteiger partial charge in [-0.1, -0.05) is 11.8 Å². The summed E-state index contributed by atoms with van der Waals surface area (Å²) in [5.41, 5.74) is 0.636. The fraction of sp³-hybridized carbons (Fsp3) is 0.462. The average Bonchev–Trinajstić information content (AvgIpc) is 2.41. The van der Waals surface area contributed by atoms with Crippen LogP contribution in [0.15, 0.2) is 29.2 Å². The van der Waals surface area contributed by atoms with Crippen LogP contribution in [0, 0.1) is 0 Å². The number of carbonyl (C=O) groups is 1. The molecule has 1 atom stereocenters. The van der Waals surface area contributed by atoms with Gasteiger partial charge in [0.25, 0.3) is 5.76 Å². The first-order chi connectivity index (χ1) is 9.63. The molecule has 1 aliphatic rings. The van der Waals surface area contributed by atoms with E-state index in [2.05, 4.69) is 10.6 Å². The molecule has 2 rings (SSSR count). The molecule has 1 amide bonds. The first-order valence-electron chi connectivity index (χ1n) is 6.29. The Balaban J connectivity index is 0.00000220. The van der Waals surface area contributed by atoms with Gasteiger partial charge in [0.1, 0.15) is 0 Å². The van der Waals surface area contributed by atoms with E-state index in [1.165, 1.54) is 0 Å². The van der Waals surface area contributed by atoms with Gasteiger partial charge in [0.2, 0.25) is 5.91 Å². The molecule has 2 N–H and O–H groups in total. The Hall–Kier alpha value is -0.500. The molecule has 0 spiro atoms. The van der Waals surface area contributed by atoms with Gasteiger partial charge in [-0.3, -0.25) is 4.79 Å². The predicted molar refractivity (Wildman–Crippen MR) is 87.9 cm³/mol. The summed E-state index contributed by atoms with van der Waals surface area (Å²) in [6.07, 6.45) is 0.431. The van der Waals surface area contributed by atoms with Crippen LogP contribution >= 0.6 is 35.9 Å². The molecular formula is C13H17ClF2N2OS2. The SMILES string of the molecule is Cl.O=C(CC1CSCCN1)Nc1ccc(SC(F)F)cc1. The van der Waals surface area contributed by atoms with Crippen molar-refractivity contribution >= 4 is 47.5 Å². The maximum atomic E-state index is 12.2. The molecule has 1 aromatic carbocycles. The molecule has 118 valence electrons. The molecule has 0 radical (unpaired) electrons. The van der Waals surface area contributed by atoms with Crippen LogP contribution in [0.1, 0.15) is 6.42 Å². The highest BCUT2D eigenvalue weighted by atomic mass is 35.5. The van der Waals surface area contributed by atoms with E-state index in [-0.39, 0.29) is 24.4 Å². The standard InChI is InChI=1S/C13H16F2N2OS2.ClH/c14-13(15)20-11-3-1-9(2-4-11)17-12(18)7-10-8-19-6-5-16-10;/h1-4,10,13,16H,5-8H2,(H,17,18);1H. The Labute approximate surface area is 137 Å². The summed E-state index contributed by atoms with van der Waals surface area (Å²) >= 11 is 2.34. The predicted octanol–water partition coefficient (Wildman–Crippen LogP) is 3.46. The molecule has 0 saturated carbocycles. The fourth-order valence-corrected chi connectivity index (χ4v) is 3.35. The zero-order valence-corrected chi connectivity index (χ0v) is 13.6. The third-order valence-electron chi connectivity index (χ3n) is 2.79. The highest BCUT2D eigenvalue weighted by molar-refractivity contribution is 7.99. The van der Waals surface area contributed by atoms with Gasteiger partial charge in [0.15, 0.2) is 0 Å². The number of alkyl halides is 2. The minimum atomic E-state index is -2.43. The molecule has 0 bridgehead atoms.